The van der Waals surface area contributed by atoms with E-state index < -0.39 is 0 Å². The summed E-state index contributed by atoms with van der Waals surface area (Å²) in [5.41, 5.74) is 9.59. The van der Waals surface area contributed by atoms with Gasteiger partial charge >= 0.3 is 0 Å². The van der Waals surface area contributed by atoms with E-state index in [1.165, 1.54) is 11.1 Å². The molecule has 0 radical (unpaired) electrons. The zero-order valence-electron chi connectivity index (χ0n) is 12.4. The van der Waals surface area contributed by atoms with Crippen molar-refractivity contribution in [3.05, 3.63) is 65.2 Å². The van der Waals surface area contributed by atoms with Gasteiger partial charge < -0.3 is 10.5 Å². The van der Waals surface area contributed by atoms with E-state index in [-0.39, 0.29) is 0 Å². The molecule has 2 aromatic carbocycles. The van der Waals surface area contributed by atoms with Crippen LogP contribution in [0.5, 0.6) is 5.75 Å². The van der Waals surface area contributed by atoms with Gasteiger partial charge in [0.2, 0.25) is 0 Å². The SMILES string of the molecule is COc1ccccc1CN=C(N)SCc1ccccc1C. The van der Waals surface area contributed by atoms with Crippen molar-refractivity contribution < 1.29 is 4.74 Å². The summed E-state index contributed by atoms with van der Waals surface area (Å²) in [5.74, 6) is 1.69. The van der Waals surface area contributed by atoms with Crippen molar-refractivity contribution in [3.8, 4) is 5.75 Å². The highest BCUT2D eigenvalue weighted by molar-refractivity contribution is 8.13. The number of ether oxygens (including phenoxy) is 1. The van der Waals surface area contributed by atoms with Gasteiger partial charge in [-0.2, -0.15) is 0 Å². The number of benzene rings is 2. The Kier molecular flexibility index (Phi) is 5.69. The topological polar surface area (TPSA) is 47.6 Å². The summed E-state index contributed by atoms with van der Waals surface area (Å²) in [7, 11) is 1.67. The van der Waals surface area contributed by atoms with Crippen LogP contribution >= 0.6 is 11.8 Å². The Morgan fingerprint density at radius 3 is 2.48 bits per heavy atom. The van der Waals surface area contributed by atoms with Crippen LogP contribution < -0.4 is 10.5 Å². The molecule has 0 saturated carbocycles. The maximum absolute atomic E-state index is 5.98. The first-order valence-electron chi connectivity index (χ1n) is 6.80. The summed E-state index contributed by atoms with van der Waals surface area (Å²) in [6.07, 6.45) is 0. The first-order valence-corrected chi connectivity index (χ1v) is 7.78. The van der Waals surface area contributed by atoms with Gasteiger partial charge in [0.25, 0.3) is 0 Å². The molecular formula is C17H20N2OS. The average Bonchev–Trinajstić information content (AvgIpc) is 2.52. The predicted molar refractivity (Wildman–Crippen MR) is 90.8 cm³/mol. The van der Waals surface area contributed by atoms with Crippen LogP contribution in [0.3, 0.4) is 0 Å². The van der Waals surface area contributed by atoms with E-state index in [1.54, 1.807) is 18.9 Å². The molecule has 21 heavy (non-hydrogen) atoms. The van der Waals surface area contributed by atoms with Gasteiger partial charge in [-0.05, 0) is 24.1 Å². The normalized spacial score (nSPS) is 11.4. The number of rotatable bonds is 5. The number of para-hydroxylation sites is 1. The molecule has 0 fully saturated rings. The Labute approximate surface area is 130 Å². The molecule has 0 aromatic heterocycles. The van der Waals surface area contributed by atoms with Crippen molar-refractivity contribution in [2.24, 2.45) is 10.7 Å². The van der Waals surface area contributed by atoms with Gasteiger partial charge in [-0.15, -0.1) is 0 Å². The van der Waals surface area contributed by atoms with E-state index >= 15 is 0 Å². The summed E-state index contributed by atoms with van der Waals surface area (Å²) in [6, 6.07) is 16.2. The third kappa shape index (κ3) is 4.53. The van der Waals surface area contributed by atoms with E-state index in [4.69, 9.17) is 10.5 Å². The summed E-state index contributed by atoms with van der Waals surface area (Å²) in [6.45, 7) is 2.65. The van der Waals surface area contributed by atoms with Gasteiger partial charge in [-0.3, -0.25) is 4.99 Å². The summed E-state index contributed by atoms with van der Waals surface area (Å²) in [5, 5.41) is 0.601. The monoisotopic (exact) mass is 300 g/mol. The third-order valence-corrected chi connectivity index (χ3v) is 4.11. The van der Waals surface area contributed by atoms with Gasteiger partial charge in [-0.1, -0.05) is 54.2 Å². The zero-order chi connectivity index (χ0) is 15.1. The maximum atomic E-state index is 5.98. The molecule has 0 atom stereocenters. The first kappa shape index (κ1) is 15.4. The van der Waals surface area contributed by atoms with E-state index in [1.807, 2.05) is 36.4 Å². The number of aliphatic imine (C=N–C) groups is 1. The predicted octanol–water partition coefficient (Wildman–Crippen LogP) is 3.75. The Hall–Kier alpha value is -1.94. The number of thioether (sulfide) groups is 1. The van der Waals surface area contributed by atoms with Crippen LogP contribution in [0.2, 0.25) is 0 Å². The minimum Gasteiger partial charge on any atom is -0.496 e. The molecule has 0 spiro atoms. The van der Waals surface area contributed by atoms with Crippen LogP contribution in [0.25, 0.3) is 0 Å². The van der Waals surface area contributed by atoms with Gasteiger partial charge in [0, 0.05) is 11.3 Å². The fourth-order valence-electron chi connectivity index (χ4n) is 1.97. The minimum atomic E-state index is 0.538. The second kappa shape index (κ2) is 7.74. The molecule has 0 saturated heterocycles. The number of aryl methyl sites for hydroxylation is 1. The zero-order valence-corrected chi connectivity index (χ0v) is 13.2. The lowest BCUT2D eigenvalue weighted by Crippen LogP contribution is -2.08. The fraction of sp³-hybridized carbons (Fsp3) is 0.235. The van der Waals surface area contributed by atoms with E-state index in [2.05, 4.69) is 24.0 Å². The van der Waals surface area contributed by atoms with E-state index in [9.17, 15) is 0 Å². The molecule has 2 N–H and O–H groups in total. The van der Waals surface area contributed by atoms with Crippen LogP contribution in [0.4, 0.5) is 0 Å². The molecule has 0 amide bonds. The average molecular weight is 300 g/mol. The first-order chi connectivity index (χ1) is 10.2. The summed E-state index contributed by atoms with van der Waals surface area (Å²) < 4.78 is 5.31. The molecular weight excluding hydrogens is 280 g/mol. The molecule has 0 bridgehead atoms. The number of hydrogen-bond acceptors (Lipinski definition) is 3. The molecule has 0 aliphatic carbocycles. The van der Waals surface area contributed by atoms with Crippen LogP contribution in [-0.4, -0.2) is 12.3 Å². The van der Waals surface area contributed by atoms with Crippen LogP contribution in [0.15, 0.2) is 53.5 Å². The van der Waals surface area contributed by atoms with Gasteiger partial charge in [0.1, 0.15) is 5.75 Å². The highest BCUT2D eigenvalue weighted by atomic mass is 32.2. The fourth-order valence-corrected chi connectivity index (χ4v) is 2.75. The minimum absolute atomic E-state index is 0.538. The lowest BCUT2D eigenvalue weighted by molar-refractivity contribution is 0.410. The van der Waals surface area contributed by atoms with Crippen molar-refractivity contribution in [2.45, 2.75) is 19.2 Å². The number of nitrogens with two attached hydrogens (primary N) is 1. The summed E-state index contributed by atoms with van der Waals surface area (Å²) in [4.78, 5) is 4.43. The molecule has 0 heterocycles. The van der Waals surface area contributed by atoms with E-state index in [0.29, 0.717) is 11.7 Å². The largest absolute Gasteiger partial charge is 0.496 e. The molecule has 3 nitrogen and oxygen atoms in total. The molecule has 2 aromatic rings. The van der Waals surface area contributed by atoms with E-state index in [0.717, 1.165) is 17.1 Å². The molecule has 0 unspecified atom stereocenters. The maximum Gasteiger partial charge on any atom is 0.154 e. The highest BCUT2D eigenvalue weighted by Gasteiger charge is 2.02. The van der Waals surface area contributed by atoms with Crippen molar-refractivity contribution in [1.82, 2.24) is 0 Å². The van der Waals surface area contributed by atoms with Gasteiger partial charge in [0.15, 0.2) is 5.17 Å². The Morgan fingerprint density at radius 2 is 1.76 bits per heavy atom. The van der Waals surface area contributed by atoms with Crippen LogP contribution in [0, 0.1) is 6.92 Å². The van der Waals surface area contributed by atoms with Crippen molar-refractivity contribution in [2.75, 3.05) is 7.11 Å². The van der Waals surface area contributed by atoms with Crippen molar-refractivity contribution in [1.29, 1.82) is 0 Å². The molecule has 110 valence electrons. The Bertz CT molecular complexity index is 626. The molecule has 4 heteroatoms. The van der Waals surface area contributed by atoms with Gasteiger partial charge in [0.05, 0.1) is 13.7 Å². The van der Waals surface area contributed by atoms with Crippen LogP contribution in [-0.2, 0) is 12.3 Å². The second-order valence-corrected chi connectivity index (χ2v) is 5.68. The van der Waals surface area contributed by atoms with Crippen LogP contribution in [0.1, 0.15) is 16.7 Å². The number of nitrogens with zero attached hydrogens (tertiary/aromatic N) is 1. The van der Waals surface area contributed by atoms with Crippen molar-refractivity contribution in [3.63, 3.8) is 0 Å². The lowest BCUT2D eigenvalue weighted by atomic mass is 10.1. The van der Waals surface area contributed by atoms with Crippen molar-refractivity contribution >= 4 is 16.9 Å². The second-order valence-electron chi connectivity index (χ2n) is 4.68. The molecule has 0 aliphatic rings. The smallest absolute Gasteiger partial charge is 0.154 e. The number of methoxy groups -OCH3 is 1. The number of amidine groups is 1. The molecule has 0 aliphatic heterocycles. The highest BCUT2D eigenvalue weighted by Crippen LogP contribution is 2.19. The van der Waals surface area contributed by atoms with Gasteiger partial charge in [-0.25, -0.2) is 0 Å². The number of hydrogen-bond donors (Lipinski definition) is 1. The Balaban J connectivity index is 1.94. The quantitative estimate of drug-likeness (QED) is 0.675. The molecule has 2 rings (SSSR count). The lowest BCUT2D eigenvalue weighted by Gasteiger charge is -2.07. The standard InChI is InChI=1S/C17H20N2OS/c1-13-7-3-4-9-15(13)12-21-17(18)19-11-14-8-5-6-10-16(14)20-2/h3-10H,11-12H2,1-2H3,(H2,18,19). The Morgan fingerprint density at radius 1 is 1.10 bits per heavy atom. The third-order valence-electron chi connectivity index (χ3n) is 3.23. The summed E-state index contributed by atoms with van der Waals surface area (Å²) >= 11 is 1.56.